The summed E-state index contributed by atoms with van der Waals surface area (Å²) in [6.45, 7) is -2.82. The van der Waals surface area contributed by atoms with Gasteiger partial charge in [0.2, 0.25) is 0 Å². The van der Waals surface area contributed by atoms with Crippen molar-refractivity contribution in [3.8, 4) is 5.75 Å². The highest BCUT2D eigenvalue weighted by Crippen LogP contribution is 2.32. The summed E-state index contributed by atoms with van der Waals surface area (Å²) in [5.74, 6) is 0.177. The molecular weight excluding hydrogens is 314 g/mol. The zero-order chi connectivity index (χ0) is 16.9. The van der Waals surface area contributed by atoms with Crippen LogP contribution in [0.4, 0.5) is 13.6 Å². The van der Waals surface area contributed by atoms with Gasteiger partial charge in [0.1, 0.15) is 5.75 Å². The molecule has 1 atom stereocenters. The third-order valence-electron chi connectivity index (χ3n) is 4.90. The maximum absolute atomic E-state index is 12.3. The Kier molecular flexibility index (Phi) is 5.53. The van der Waals surface area contributed by atoms with E-state index >= 15 is 0 Å². The number of amides is 2. The molecule has 1 unspecified atom stereocenters. The molecule has 0 spiro atoms. The molecule has 0 radical (unpaired) electrons. The number of halogens is 2. The molecule has 1 aromatic carbocycles. The van der Waals surface area contributed by atoms with Crippen LogP contribution in [0.1, 0.15) is 62.1 Å². The summed E-state index contributed by atoms with van der Waals surface area (Å²) in [4.78, 5) is 12.3. The predicted molar refractivity (Wildman–Crippen MR) is 87.3 cm³/mol. The number of fused-ring (bicyclic) bond motifs is 1. The molecule has 132 valence electrons. The molecule has 2 N–H and O–H groups in total. The lowest BCUT2D eigenvalue weighted by Gasteiger charge is -2.29. The van der Waals surface area contributed by atoms with Gasteiger partial charge in [-0.25, -0.2) is 4.79 Å². The Morgan fingerprint density at radius 3 is 2.62 bits per heavy atom. The van der Waals surface area contributed by atoms with Crippen LogP contribution >= 0.6 is 0 Å². The first-order valence-electron chi connectivity index (χ1n) is 8.76. The molecule has 0 aliphatic heterocycles. The number of urea groups is 1. The monoisotopic (exact) mass is 338 g/mol. The second-order valence-electron chi connectivity index (χ2n) is 6.64. The molecule has 0 heterocycles. The minimum absolute atomic E-state index is 0.0714. The van der Waals surface area contributed by atoms with Gasteiger partial charge in [-0.05, 0) is 55.4 Å². The number of carbonyl (C=O) groups excluding carboxylic acids is 1. The van der Waals surface area contributed by atoms with Gasteiger partial charge in [-0.2, -0.15) is 8.78 Å². The highest BCUT2D eigenvalue weighted by Gasteiger charge is 2.24. The summed E-state index contributed by atoms with van der Waals surface area (Å²) < 4.78 is 29.1. The Hall–Kier alpha value is -1.85. The molecule has 4 nitrogen and oxygen atoms in total. The van der Waals surface area contributed by atoms with E-state index in [2.05, 4.69) is 15.4 Å². The van der Waals surface area contributed by atoms with Crippen molar-refractivity contribution in [1.29, 1.82) is 0 Å². The molecule has 1 fully saturated rings. The van der Waals surface area contributed by atoms with Crippen LogP contribution in [0.5, 0.6) is 5.75 Å². The van der Waals surface area contributed by atoms with Crippen LogP contribution in [0.2, 0.25) is 0 Å². The second-order valence-corrected chi connectivity index (χ2v) is 6.64. The van der Waals surface area contributed by atoms with Crippen molar-refractivity contribution < 1.29 is 18.3 Å². The fourth-order valence-electron chi connectivity index (χ4n) is 3.75. The molecule has 24 heavy (non-hydrogen) atoms. The number of ether oxygens (including phenoxy) is 1. The fourth-order valence-corrected chi connectivity index (χ4v) is 3.75. The highest BCUT2D eigenvalue weighted by molar-refractivity contribution is 5.75. The molecule has 2 aliphatic carbocycles. The standard InChI is InChI=1S/C18H24F2N2O2/c19-17(20)24-14-9-10-15-12(11-14)5-4-8-16(15)22-18(23)21-13-6-2-1-3-7-13/h9-11,13,16-17H,1-8H2,(H2,21,22,23). The Morgan fingerprint density at radius 2 is 1.88 bits per heavy atom. The summed E-state index contributed by atoms with van der Waals surface area (Å²) in [5.41, 5.74) is 1.98. The normalized spacial score (nSPS) is 21.2. The number of carbonyl (C=O) groups is 1. The van der Waals surface area contributed by atoms with Crippen LogP contribution in [-0.4, -0.2) is 18.7 Å². The van der Waals surface area contributed by atoms with Crippen molar-refractivity contribution in [1.82, 2.24) is 10.6 Å². The topological polar surface area (TPSA) is 50.4 Å². The van der Waals surface area contributed by atoms with Crippen molar-refractivity contribution in [2.45, 2.75) is 70.1 Å². The number of nitrogens with one attached hydrogen (secondary N) is 2. The number of aryl methyl sites for hydroxylation is 1. The van der Waals surface area contributed by atoms with E-state index in [0.29, 0.717) is 0 Å². The first-order chi connectivity index (χ1) is 11.6. The van der Waals surface area contributed by atoms with Gasteiger partial charge in [0.25, 0.3) is 0 Å². The van der Waals surface area contributed by atoms with Crippen LogP contribution < -0.4 is 15.4 Å². The maximum Gasteiger partial charge on any atom is 0.387 e. The van der Waals surface area contributed by atoms with Gasteiger partial charge in [0.05, 0.1) is 6.04 Å². The Bertz CT molecular complexity index is 574. The van der Waals surface area contributed by atoms with Crippen molar-refractivity contribution >= 4 is 6.03 Å². The summed E-state index contributed by atoms with van der Waals surface area (Å²) in [7, 11) is 0. The molecule has 1 saturated carbocycles. The van der Waals surface area contributed by atoms with Crippen LogP contribution in [0, 0.1) is 0 Å². The van der Waals surface area contributed by atoms with Crippen LogP contribution in [-0.2, 0) is 6.42 Å². The van der Waals surface area contributed by atoms with Crippen LogP contribution in [0.3, 0.4) is 0 Å². The fraction of sp³-hybridized carbons (Fsp3) is 0.611. The summed E-state index contributed by atoms with van der Waals surface area (Å²) >= 11 is 0. The van der Waals surface area contributed by atoms with E-state index in [4.69, 9.17) is 0 Å². The van der Waals surface area contributed by atoms with Crippen molar-refractivity contribution in [2.24, 2.45) is 0 Å². The third kappa shape index (κ3) is 4.36. The average molecular weight is 338 g/mol. The zero-order valence-corrected chi connectivity index (χ0v) is 13.7. The first-order valence-corrected chi connectivity index (χ1v) is 8.76. The van der Waals surface area contributed by atoms with E-state index in [1.165, 1.54) is 19.3 Å². The summed E-state index contributed by atoms with van der Waals surface area (Å²) in [6.07, 6.45) is 8.27. The smallest absolute Gasteiger partial charge is 0.387 e. The zero-order valence-electron chi connectivity index (χ0n) is 13.7. The van der Waals surface area contributed by atoms with Crippen molar-refractivity contribution in [3.63, 3.8) is 0 Å². The van der Waals surface area contributed by atoms with Gasteiger partial charge in [-0.15, -0.1) is 0 Å². The van der Waals surface area contributed by atoms with E-state index < -0.39 is 6.61 Å². The van der Waals surface area contributed by atoms with Crippen molar-refractivity contribution in [2.75, 3.05) is 0 Å². The summed E-state index contributed by atoms with van der Waals surface area (Å²) in [5, 5.41) is 6.10. The SMILES string of the molecule is O=C(NC1CCCCC1)NC1CCCc2cc(OC(F)F)ccc21. The minimum Gasteiger partial charge on any atom is -0.435 e. The largest absolute Gasteiger partial charge is 0.435 e. The van der Waals surface area contributed by atoms with Crippen LogP contribution in [0.15, 0.2) is 18.2 Å². The van der Waals surface area contributed by atoms with Gasteiger partial charge in [-0.1, -0.05) is 25.3 Å². The first kappa shape index (κ1) is 17.0. The van der Waals surface area contributed by atoms with Gasteiger partial charge >= 0.3 is 12.6 Å². The molecule has 2 amide bonds. The maximum atomic E-state index is 12.3. The second kappa shape index (κ2) is 7.81. The molecule has 0 aromatic heterocycles. The van der Waals surface area contributed by atoms with Gasteiger partial charge in [-0.3, -0.25) is 0 Å². The Balaban J connectivity index is 1.62. The van der Waals surface area contributed by atoms with Gasteiger partial charge in [0.15, 0.2) is 0 Å². The lowest BCUT2D eigenvalue weighted by molar-refractivity contribution is -0.0499. The quantitative estimate of drug-likeness (QED) is 0.860. The van der Waals surface area contributed by atoms with E-state index in [-0.39, 0.29) is 23.9 Å². The highest BCUT2D eigenvalue weighted by atomic mass is 19.3. The predicted octanol–water partition coefficient (Wildman–Crippen LogP) is 4.30. The lowest BCUT2D eigenvalue weighted by atomic mass is 9.87. The number of rotatable bonds is 4. The van der Waals surface area contributed by atoms with Gasteiger partial charge < -0.3 is 15.4 Å². The number of hydrogen-bond donors (Lipinski definition) is 2. The van der Waals surface area contributed by atoms with E-state index in [0.717, 1.165) is 43.2 Å². The lowest BCUT2D eigenvalue weighted by Crippen LogP contribution is -2.44. The average Bonchev–Trinajstić information content (AvgIpc) is 2.55. The number of alkyl halides is 2. The molecule has 1 aromatic rings. The molecule has 0 saturated heterocycles. The van der Waals surface area contributed by atoms with E-state index in [1.807, 2.05) is 0 Å². The number of hydrogen-bond acceptors (Lipinski definition) is 2. The van der Waals surface area contributed by atoms with Crippen LogP contribution in [0.25, 0.3) is 0 Å². The Labute approximate surface area is 141 Å². The molecule has 0 bridgehead atoms. The van der Waals surface area contributed by atoms with E-state index in [1.54, 1.807) is 18.2 Å². The van der Waals surface area contributed by atoms with E-state index in [9.17, 15) is 13.6 Å². The van der Waals surface area contributed by atoms with Crippen molar-refractivity contribution in [3.05, 3.63) is 29.3 Å². The molecule has 3 rings (SSSR count). The molecule has 6 heteroatoms. The Morgan fingerprint density at radius 1 is 1.08 bits per heavy atom. The van der Waals surface area contributed by atoms with Gasteiger partial charge in [0, 0.05) is 6.04 Å². The minimum atomic E-state index is -2.82. The molecule has 2 aliphatic rings. The summed E-state index contributed by atoms with van der Waals surface area (Å²) in [6, 6.07) is 5.06. The molecular formula is C18H24F2N2O2. The number of benzene rings is 1. The third-order valence-corrected chi connectivity index (χ3v) is 4.90.